The van der Waals surface area contributed by atoms with Crippen molar-refractivity contribution in [3.63, 3.8) is 0 Å². The lowest BCUT2D eigenvalue weighted by atomic mass is 10.1. The quantitative estimate of drug-likeness (QED) is 0.829. The molecule has 2 aliphatic rings. The van der Waals surface area contributed by atoms with Crippen LogP contribution in [-0.2, 0) is 0 Å². The van der Waals surface area contributed by atoms with E-state index in [1.54, 1.807) is 0 Å². The van der Waals surface area contributed by atoms with Crippen molar-refractivity contribution in [2.75, 3.05) is 31.1 Å². The summed E-state index contributed by atoms with van der Waals surface area (Å²) < 4.78 is 0. The zero-order chi connectivity index (χ0) is 12.4. The summed E-state index contributed by atoms with van der Waals surface area (Å²) in [6.45, 7) is 3.55. The predicted molar refractivity (Wildman–Crippen MR) is 73.8 cm³/mol. The van der Waals surface area contributed by atoms with E-state index in [1.807, 2.05) is 0 Å². The van der Waals surface area contributed by atoms with Crippen LogP contribution in [0.2, 0.25) is 0 Å². The molecule has 0 aromatic heterocycles. The van der Waals surface area contributed by atoms with Gasteiger partial charge in [0, 0.05) is 43.4 Å². The number of hydrogen-bond acceptors (Lipinski definition) is 3. The molecule has 3 rings (SSSR count). The molecule has 1 aromatic carbocycles. The van der Waals surface area contributed by atoms with Gasteiger partial charge in [-0.05, 0) is 31.4 Å². The molecule has 1 unspecified atom stereocenters. The third kappa shape index (κ3) is 2.52. The van der Waals surface area contributed by atoms with E-state index in [9.17, 15) is 5.11 Å². The Kier molecular flexibility index (Phi) is 3.27. The minimum Gasteiger partial charge on any atom is -0.396 e. The molecule has 3 heteroatoms. The Morgan fingerprint density at radius 2 is 2.06 bits per heavy atom. The SMILES string of the molecule is OCC1(CNC2CCN(c3ccccc3)C2)CC1. The van der Waals surface area contributed by atoms with Crippen LogP contribution in [0.4, 0.5) is 5.69 Å². The monoisotopic (exact) mass is 246 g/mol. The van der Waals surface area contributed by atoms with Gasteiger partial charge < -0.3 is 15.3 Å². The largest absolute Gasteiger partial charge is 0.396 e. The molecular weight excluding hydrogens is 224 g/mol. The smallest absolute Gasteiger partial charge is 0.0499 e. The summed E-state index contributed by atoms with van der Waals surface area (Å²) in [7, 11) is 0. The lowest BCUT2D eigenvalue weighted by molar-refractivity contribution is 0.204. The number of hydrogen-bond donors (Lipinski definition) is 2. The summed E-state index contributed by atoms with van der Waals surface area (Å²) in [4.78, 5) is 2.44. The summed E-state index contributed by atoms with van der Waals surface area (Å²) in [5.41, 5.74) is 1.55. The Hall–Kier alpha value is -1.06. The van der Waals surface area contributed by atoms with Crippen molar-refractivity contribution in [2.24, 2.45) is 5.41 Å². The van der Waals surface area contributed by atoms with Crippen molar-refractivity contribution in [1.82, 2.24) is 5.32 Å². The van der Waals surface area contributed by atoms with Gasteiger partial charge in [-0.25, -0.2) is 0 Å². The topological polar surface area (TPSA) is 35.5 Å². The molecule has 3 nitrogen and oxygen atoms in total. The highest BCUT2D eigenvalue weighted by Gasteiger charge is 2.42. The van der Waals surface area contributed by atoms with Crippen molar-refractivity contribution >= 4 is 5.69 Å². The molecule has 1 saturated carbocycles. The highest BCUT2D eigenvalue weighted by molar-refractivity contribution is 5.47. The van der Waals surface area contributed by atoms with Crippen LogP contribution in [0.5, 0.6) is 0 Å². The van der Waals surface area contributed by atoms with Gasteiger partial charge in [0.1, 0.15) is 0 Å². The number of rotatable bonds is 5. The van der Waals surface area contributed by atoms with Crippen LogP contribution < -0.4 is 10.2 Å². The molecule has 18 heavy (non-hydrogen) atoms. The fourth-order valence-electron chi connectivity index (χ4n) is 2.73. The van der Waals surface area contributed by atoms with E-state index in [-0.39, 0.29) is 5.41 Å². The molecular formula is C15H22N2O. The van der Waals surface area contributed by atoms with Gasteiger partial charge in [-0.3, -0.25) is 0 Å². The first-order valence-electron chi connectivity index (χ1n) is 6.96. The second-order valence-corrected chi connectivity index (χ2v) is 5.81. The van der Waals surface area contributed by atoms with Crippen LogP contribution in [0.1, 0.15) is 19.3 Å². The molecule has 0 bridgehead atoms. The van der Waals surface area contributed by atoms with Crippen molar-refractivity contribution in [3.8, 4) is 0 Å². The van der Waals surface area contributed by atoms with Gasteiger partial charge in [-0.15, -0.1) is 0 Å². The van der Waals surface area contributed by atoms with Crippen LogP contribution in [-0.4, -0.2) is 37.4 Å². The predicted octanol–water partition coefficient (Wildman–Crippen LogP) is 1.63. The lowest BCUT2D eigenvalue weighted by Crippen LogP contribution is -2.37. The fraction of sp³-hybridized carbons (Fsp3) is 0.600. The third-order valence-corrected chi connectivity index (χ3v) is 4.37. The van der Waals surface area contributed by atoms with Gasteiger partial charge >= 0.3 is 0 Å². The van der Waals surface area contributed by atoms with Crippen molar-refractivity contribution in [3.05, 3.63) is 30.3 Å². The van der Waals surface area contributed by atoms with Gasteiger partial charge in [0.15, 0.2) is 0 Å². The van der Waals surface area contributed by atoms with Gasteiger partial charge in [-0.1, -0.05) is 18.2 Å². The zero-order valence-corrected chi connectivity index (χ0v) is 10.8. The molecule has 0 radical (unpaired) electrons. The van der Waals surface area contributed by atoms with E-state index in [2.05, 4.69) is 40.5 Å². The van der Waals surface area contributed by atoms with Crippen molar-refractivity contribution < 1.29 is 5.11 Å². The van der Waals surface area contributed by atoms with Crippen LogP contribution in [0, 0.1) is 5.41 Å². The van der Waals surface area contributed by atoms with Gasteiger partial charge in [0.05, 0.1) is 0 Å². The summed E-state index contributed by atoms with van der Waals surface area (Å²) >= 11 is 0. The Balaban J connectivity index is 1.50. The van der Waals surface area contributed by atoms with E-state index in [1.165, 1.54) is 24.9 Å². The molecule has 1 aliphatic heterocycles. The van der Waals surface area contributed by atoms with Gasteiger partial charge in [0.2, 0.25) is 0 Å². The molecule has 0 amide bonds. The van der Waals surface area contributed by atoms with Crippen LogP contribution in [0.25, 0.3) is 0 Å². The summed E-state index contributed by atoms with van der Waals surface area (Å²) in [6, 6.07) is 11.2. The zero-order valence-electron chi connectivity index (χ0n) is 10.8. The molecule has 1 aromatic rings. The molecule has 98 valence electrons. The molecule has 1 atom stereocenters. The minimum absolute atomic E-state index is 0.222. The van der Waals surface area contributed by atoms with E-state index >= 15 is 0 Å². The summed E-state index contributed by atoms with van der Waals surface area (Å²) in [5, 5.41) is 12.9. The maximum absolute atomic E-state index is 9.31. The minimum atomic E-state index is 0.222. The number of anilines is 1. The number of para-hydroxylation sites is 1. The summed E-state index contributed by atoms with van der Waals surface area (Å²) in [5.74, 6) is 0. The molecule has 1 saturated heterocycles. The van der Waals surface area contributed by atoms with E-state index in [0.717, 1.165) is 19.6 Å². The Morgan fingerprint density at radius 3 is 2.72 bits per heavy atom. The first-order valence-corrected chi connectivity index (χ1v) is 6.96. The normalized spacial score (nSPS) is 25.4. The first-order chi connectivity index (χ1) is 8.81. The fourth-order valence-corrected chi connectivity index (χ4v) is 2.73. The second-order valence-electron chi connectivity index (χ2n) is 5.81. The van der Waals surface area contributed by atoms with E-state index in [0.29, 0.717) is 12.6 Å². The number of aliphatic hydroxyl groups excluding tert-OH is 1. The second kappa shape index (κ2) is 4.90. The van der Waals surface area contributed by atoms with Crippen molar-refractivity contribution in [1.29, 1.82) is 0 Å². The number of aliphatic hydroxyl groups is 1. The molecule has 0 spiro atoms. The molecule has 1 heterocycles. The summed E-state index contributed by atoms with van der Waals surface area (Å²) in [6.07, 6.45) is 3.58. The number of benzene rings is 1. The molecule has 2 N–H and O–H groups in total. The maximum Gasteiger partial charge on any atom is 0.0499 e. The lowest BCUT2D eigenvalue weighted by Gasteiger charge is -2.20. The van der Waals surface area contributed by atoms with E-state index < -0.39 is 0 Å². The number of nitrogens with one attached hydrogen (secondary N) is 1. The van der Waals surface area contributed by atoms with Crippen molar-refractivity contribution in [2.45, 2.75) is 25.3 Å². The average molecular weight is 246 g/mol. The van der Waals surface area contributed by atoms with Gasteiger partial charge in [-0.2, -0.15) is 0 Å². The Morgan fingerprint density at radius 1 is 1.28 bits per heavy atom. The van der Waals surface area contributed by atoms with Crippen LogP contribution >= 0.6 is 0 Å². The highest BCUT2D eigenvalue weighted by Crippen LogP contribution is 2.44. The Labute approximate surface area is 109 Å². The third-order valence-electron chi connectivity index (χ3n) is 4.37. The van der Waals surface area contributed by atoms with Gasteiger partial charge in [0.25, 0.3) is 0 Å². The Bertz CT molecular complexity index is 389. The molecule has 1 aliphatic carbocycles. The number of nitrogens with zero attached hydrogens (tertiary/aromatic N) is 1. The first kappa shape index (κ1) is 12.0. The standard InChI is InChI=1S/C15H22N2O/c18-12-15(7-8-15)11-16-13-6-9-17(10-13)14-4-2-1-3-5-14/h1-5,13,16,18H,6-12H2. The van der Waals surface area contributed by atoms with E-state index in [4.69, 9.17) is 0 Å². The maximum atomic E-state index is 9.31. The molecule has 2 fully saturated rings. The van der Waals surface area contributed by atoms with Crippen LogP contribution in [0.3, 0.4) is 0 Å². The average Bonchev–Trinajstić information content (AvgIpc) is 3.07. The highest BCUT2D eigenvalue weighted by atomic mass is 16.3. The van der Waals surface area contributed by atoms with Crippen LogP contribution in [0.15, 0.2) is 30.3 Å².